The third-order valence-electron chi connectivity index (χ3n) is 3.29. The first kappa shape index (κ1) is 12.7. The summed E-state index contributed by atoms with van der Waals surface area (Å²) < 4.78 is 12.7. The summed E-state index contributed by atoms with van der Waals surface area (Å²) in [7, 11) is 0. The van der Waals surface area contributed by atoms with E-state index in [0.29, 0.717) is 6.61 Å². The van der Waals surface area contributed by atoms with Crippen molar-refractivity contribution in [3.05, 3.63) is 64.1 Å². The Balaban J connectivity index is 1.71. The van der Waals surface area contributed by atoms with E-state index in [-0.39, 0.29) is 6.10 Å². The van der Waals surface area contributed by atoms with Gasteiger partial charge in [0.25, 0.3) is 0 Å². The van der Waals surface area contributed by atoms with Gasteiger partial charge in [-0.25, -0.2) is 0 Å². The van der Waals surface area contributed by atoms with Crippen molar-refractivity contribution in [3.63, 3.8) is 0 Å². The molecule has 0 bridgehead atoms. The Labute approximate surface area is 121 Å². The van der Waals surface area contributed by atoms with E-state index in [1.807, 2.05) is 24.3 Å². The third-order valence-corrected chi connectivity index (χ3v) is 3.78. The van der Waals surface area contributed by atoms with Crippen LogP contribution in [0.5, 0.6) is 5.75 Å². The smallest absolute Gasteiger partial charge is 0.120 e. The van der Waals surface area contributed by atoms with Gasteiger partial charge >= 0.3 is 0 Å². The summed E-state index contributed by atoms with van der Waals surface area (Å²) in [5.74, 6) is 0.862. The van der Waals surface area contributed by atoms with Crippen LogP contribution in [0.15, 0.2) is 53.0 Å². The molecule has 0 N–H and O–H groups in total. The normalized spacial score (nSPS) is 17.8. The van der Waals surface area contributed by atoms with E-state index < -0.39 is 0 Å². The molecule has 19 heavy (non-hydrogen) atoms. The molecular formula is C16H15BrO2. The van der Waals surface area contributed by atoms with Crippen LogP contribution in [0, 0.1) is 0 Å². The van der Waals surface area contributed by atoms with Crippen LogP contribution in [0.4, 0.5) is 0 Å². The maximum Gasteiger partial charge on any atom is 0.120 e. The molecule has 0 aromatic heterocycles. The zero-order valence-corrected chi connectivity index (χ0v) is 12.1. The van der Waals surface area contributed by atoms with Crippen molar-refractivity contribution in [1.29, 1.82) is 0 Å². The number of fused-ring (bicyclic) bond motifs is 1. The summed E-state index contributed by atoms with van der Waals surface area (Å²) in [5, 5.41) is 0. The average molecular weight is 319 g/mol. The monoisotopic (exact) mass is 318 g/mol. The highest BCUT2D eigenvalue weighted by molar-refractivity contribution is 9.10. The van der Waals surface area contributed by atoms with Gasteiger partial charge < -0.3 is 9.47 Å². The molecule has 0 aliphatic carbocycles. The minimum absolute atomic E-state index is 0.0314. The predicted molar refractivity (Wildman–Crippen MR) is 78.5 cm³/mol. The van der Waals surface area contributed by atoms with E-state index in [9.17, 15) is 0 Å². The van der Waals surface area contributed by atoms with Crippen LogP contribution in [0.1, 0.15) is 17.2 Å². The first-order valence-electron chi connectivity index (χ1n) is 6.41. The van der Waals surface area contributed by atoms with Crippen LogP contribution in [0.3, 0.4) is 0 Å². The Morgan fingerprint density at radius 3 is 2.95 bits per heavy atom. The quantitative estimate of drug-likeness (QED) is 0.846. The lowest BCUT2D eigenvalue weighted by molar-refractivity contribution is 0.0102. The molecule has 0 radical (unpaired) electrons. The van der Waals surface area contributed by atoms with E-state index in [0.717, 1.165) is 23.2 Å². The highest BCUT2D eigenvalue weighted by Gasteiger charge is 2.20. The largest absolute Gasteiger partial charge is 0.490 e. The van der Waals surface area contributed by atoms with Crippen LogP contribution in [0.2, 0.25) is 0 Å². The van der Waals surface area contributed by atoms with Crippen molar-refractivity contribution in [2.75, 3.05) is 13.2 Å². The minimum Gasteiger partial charge on any atom is -0.490 e. The van der Waals surface area contributed by atoms with Crippen molar-refractivity contribution in [3.8, 4) is 5.75 Å². The highest BCUT2D eigenvalue weighted by Crippen LogP contribution is 2.28. The lowest BCUT2D eigenvalue weighted by Gasteiger charge is -2.26. The van der Waals surface area contributed by atoms with E-state index in [1.54, 1.807) is 0 Å². The Hall–Kier alpha value is -1.32. The summed E-state index contributed by atoms with van der Waals surface area (Å²) in [6.45, 7) is 1.32. The number of ether oxygens (including phenoxy) is 2. The lowest BCUT2D eigenvalue weighted by Crippen LogP contribution is -2.21. The van der Waals surface area contributed by atoms with Gasteiger partial charge in [0, 0.05) is 4.47 Å². The molecule has 0 fully saturated rings. The molecule has 0 spiro atoms. The molecule has 0 saturated heterocycles. The van der Waals surface area contributed by atoms with Crippen molar-refractivity contribution in [2.45, 2.75) is 12.5 Å². The summed E-state index contributed by atoms with van der Waals surface area (Å²) >= 11 is 3.44. The van der Waals surface area contributed by atoms with Gasteiger partial charge in [-0.05, 0) is 35.7 Å². The van der Waals surface area contributed by atoms with E-state index in [4.69, 9.17) is 9.47 Å². The lowest BCUT2D eigenvalue weighted by atomic mass is 9.98. The van der Waals surface area contributed by atoms with Gasteiger partial charge in [0.1, 0.15) is 18.5 Å². The molecule has 2 aromatic carbocycles. The molecule has 1 heterocycles. The molecule has 1 aliphatic heterocycles. The van der Waals surface area contributed by atoms with Gasteiger partial charge in [-0.3, -0.25) is 0 Å². The number of hydrogen-bond donors (Lipinski definition) is 0. The predicted octanol–water partition coefficient (Wildman–Crippen LogP) is 4.14. The summed E-state index contributed by atoms with van der Waals surface area (Å²) in [4.78, 5) is 0. The van der Waals surface area contributed by atoms with Crippen LogP contribution in [-0.4, -0.2) is 13.2 Å². The first-order chi connectivity index (χ1) is 9.33. The molecule has 98 valence electrons. The van der Waals surface area contributed by atoms with Gasteiger partial charge in [0.2, 0.25) is 0 Å². The average Bonchev–Trinajstić information content (AvgIpc) is 2.45. The Kier molecular flexibility index (Phi) is 3.85. The van der Waals surface area contributed by atoms with Gasteiger partial charge in [-0.15, -0.1) is 0 Å². The SMILES string of the molecule is Brc1cccc(OCC2OCCc3ccccc32)c1. The maximum absolute atomic E-state index is 5.83. The molecule has 1 atom stereocenters. The van der Waals surface area contributed by atoms with Crippen LogP contribution in [0.25, 0.3) is 0 Å². The van der Waals surface area contributed by atoms with Crippen LogP contribution >= 0.6 is 15.9 Å². The van der Waals surface area contributed by atoms with Crippen molar-refractivity contribution in [2.24, 2.45) is 0 Å². The molecule has 2 nitrogen and oxygen atoms in total. The van der Waals surface area contributed by atoms with Crippen LogP contribution < -0.4 is 4.74 Å². The zero-order chi connectivity index (χ0) is 13.1. The molecular weight excluding hydrogens is 304 g/mol. The molecule has 1 unspecified atom stereocenters. The third kappa shape index (κ3) is 2.99. The Bertz CT molecular complexity index is 568. The number of hydrogen-bond acceptors (Lipinski definition) is 2. The molecule has 1 aliphatic rings. The topological polar surface area (TPSA) is 18.5 Å². The van der Waals surface area contributed by atoms with Gasteiger partial charge in [0.05, 0.1) is 6.61 Å². The fourth-order valence-corrected chi connectivity index (χ4v) is 2.72. The first-order valence-corrected chi connectivity index (χ1v) is 7.20. The standard InChI is InChI=1S/C16H15BrO2/c17-13-5-3-6-14(10-13)19-11-16-15-7-2-1-4-12(15)8-9-18-16/h1-7,10,16H,8-9,11H2. The van der Waals surface area contributed by atoms with Gasteiger partial charge in [0.15, 0.2) is 0 Å². The number of benzene rings is 2. The van der Waals surface area contributed by atoms with Gasteiger partial charge in [-0.1, -0.05) is 46.3 Å². The van der Waals surface area contributed by atoms with Crippen LogP contribution in [-0.2, 0) is 11.2 Å². The second-order valence-corrected chi connectivity index (χ2v) is 5.49. The summed E-state index contributed by atoms with van der Waals surface area (Å²) in [6, 6.07) is 16.3. The number of rotatable bonds is 3. The summed E-state index contributed by atoms with van der Waals surface area (Å²) in [5.41, 5.74) is 2.63. The highest BCUT2D eigenvalue weighted by atomic mass is 79.9. The summed E-state index contributed by atoms with van der Waals surface area (Å²) in [6.07, 6.45) is 1.02. The second-order valence-electron chi connectivity index (χ2n) is 4.58. The van der Waals surface area contributed by atoms with Crippen molar-refractivity contribution < 1.29 is 9.47 Å². The minimum atomic E-state index is 0.0314. The molecule has 0 saturated carbocycles. The molecule has 3 rings (SSSR count). The fraction of sp³-hybridized carbons (Fsp3) is 0.250. The Morgan fingerprint density at radius 1 is 1.16 bits per heavy atom. The van der Waals surface area contributed by atoms with Gasteiger partial charge in [-0.2, -0.15) is 0 Å². The van der Waals surface area contributed by atoms with Crippen molar-refractivity contribution >= 4 is 15.9 Å². The van der Waals surface area contributed by atoms with E-state index >= 15 is 0 Å². The second kappa shape index (κ2) is 5.76. The van der Waals surface area contributed by atoms with Crippen molar-refractivity contribution in [1.82, 2.24) is 0 Å². The Morgan fingerprint density at radius 2 is 2.05 bits per heavy atom. The molecule has 0 amide bonds. The van der Waals surface area contributed by atoms with E-state index in [2.05, 4.69) is 40.2 Å². The maximum atomic E-state index is 5.83. The molecule has 3 heteroatoms. The zero-order valence-electron chi connectivity index (χ0n) is 10.5. The number of halogens is 1. The van der Waals surface area contributed by atoms with E-state index in [1.165, 1.54) is 11.1 Å². The fourth-order valence-electron chi connectivity index (χ4n) is 2.34. The molecule has 2 aromatic rings.